The third kappa shape index (κ3) is 2.27. The van der Waals surface area contributed by atoms with Gasteiger partial charge in [-0.1, -0.05) is 19.9 Å². The van der Waals surface area contributed by atoms with E-state index in [2.05, 4.69) is 24.0 Å². The van der Waals surface area contributed by atoms with Gasteiger partial charge in [0.25, 0.3) is 0 Å². The summed E-state index contributed by atoms with van der Waals surface area (Å²) in [5.74, 6) is -1.55. The third-order valence-corrected chi connectivity index (χ3v) is 6.59. The topological polar surface area (TPSA) is 72.1 Å². The van der Waals surface area contributed by atoms with Gasteiger partial charge in [-0.05, 0) is 55.0 Å². The zero-order chi connectivity index (χ0) is 19.6. The Balaban J connectivity index is 1.87. The molecule has 0 radical (unpaired) electrons. The molecule has 1 aromatic carbocycles. The van der Waals surface area contributed by atoms with Crippen molar-refractivity contribution in [2.24, 2.45) is 11.1 Å². The molecule has 2 aromatic rings. The molecule has 7 heteroatoms. The minimum atomic E-state index is -0.660. The maximum Gasteiger partial charge on any atom is 0.231 e. The average Bonchev–Trinajstić information content (AvgIpc) is 2.96. The lowest BCUT2D eigenvalue weighted by atomic mass is 9.74. The van der Waals surface area contributed by atoms with E-state index in [0.29, 0.717) is 0 Å². The Morgan fingerprint density at radius 1 is 1.30 bits per heavy atom. The van der Waals surface area contributed by atoms with Crippen LogP contribution in [0.15, 0.2) is 24.3 Å². The third-order valence-electron chi connectivity index (χ3n) is 6.59. The average molecular weight is 372 g/mol. The molecule has 2 aliphatic rings. The summed E-state index contributed by atoms with van der Waals surface area (Å²) in [7, 11) is 1.87. The van der Waals surface area contributed by atoms with E-state index in [1.54, 1.807) is 6.07 Å². The monoisotopic (exact) mass is 372 g/mol. The van der Waals surface area contributed by atoms with Crippen molar-refractivity contribution >= 4 is 5.91 Å². The summed E-state index contributed by atoms with van der Waals surface area (Å²) in [4.78, 5) is 13.5. The molecule has 1 unspecified atom stereocenters. The van der Waals surface area contributed by atoms with Crippen LogP contribution in [0.1, 0.15) is 43.9 Å². The lowest BCUT2D eigenvalue weighted by molar-refractivity contribution is -0.121. The molecule has 4 rings (SSSR count). The van der Waals surface area contributed by atoms with Crippen LogP contribution in [0, 0.1) is 17.0 Å². The van der Waals surface area contributed by atoms with E-state index in [4.69, 9.17) is 5.73 Å². The van der Waals surface area contributed by atoms with Gasteiger partial charge < -0.3 is 5.73 Å². The number of aromatic nitrogens is 2. The van der Waals surface area contributed by atoms with Crippen molar-refractivity contribution in [2.45, 2.75) is 38.1 Å². The number of nitrogens with two attached hydrogens (primary N) is 1. The molecule has 1 heterocycles. The van der Waals surface area contributed by atoms with Gasteiger partial charge >= 0.3 is 0 Å². The van der Waals surface area contributed by atoms with Gasteiger partial charge in [0.1, 0.15) is 11.6 Å². The Bertz CT molecular complexity index is 925. The molecular formula is C20H22F2N4O. The first-order chi connectivity index (χ1) is 12.7. The quantitative estimate of drug-likeness (QED) is 0.896. The first-order valence-electron chi connectivity index (χ1n) is 9.02. The molecule has 2 N–H and O–H groups in total. The molecule has 2 aliphatic carbocycles. The molecule has 5 nitrogen and oxygen atoms in total. The van der Waals surface area contributed by atoms with Crippen LogP contribution in [0.2, 0.25) is 0 Å². The van der Waals surface area contributed by atoms with Gasteiger partial charge in [0, 0.05) is 0 Å². The molecule has 1 fully saturated rings. The first-order valence-corrected chi connectivity index (χ1v) is 9.02. The molecule has 0 spiro atoms. The van der Waals surface area contributed by atoms with E-state index in [1.165, 1.54) is 18.2 Å². The fraction of sp³-hybridized carbons (Fsp3) is 0.450. The maximum atomic E-state index is 14.2. The van der Waals surface area contributed by atoms with Crippen LogP contribution in [0.4, 0.5) is 8.78 Å². The molecule has 142 valence electrons. The Morgan fingerprint density at radius 3 is 2.59 bits per heavy atom. The molecule has 1 amide bonds. The Hall–Kier alpha value is -2.41. The molecule has 1 aromatic heterocycles. The summed E-state index contributed by atoms with van der Waals surface area (Å²) in [6.07, 6.45) is 1.75. The van der Waals surface area contributed by atoms with Gasteiger partial charge in [-0.3, -0.25) is 9.69 Å². The molecular weight excluding hydrogens is 350 g/mol. The highest BCUT2D eigenvalue weighted by Gasteiger charge is 2.65. The number of rotatable bonds is 4. The number of nitrogens with zero attached hydrogens (tertiary/aromatic N) is 3. The fourth-order valence-electron chi connectivity index (χ4n) is 5.38. The second kappa shape index (κ2) is 5.79. The Labute approximate surface area is 156 Å². The molecule has 0 aliphatic heterocycles. The van der Waals surface area contributed by atoms with E-state index < -0.39 is 23.1 Å². The zero-order valence-corrected chi connectivity index (χ0v) is 15.6. The van der Waals surface area contributed by atoms with E-state index in [-0.39, 0.29) is 29.1 Å². The number of fused-ring (bicyclic) bond motifs is 5. The number of hydrogen-bond acceptors (Lipinski definition) is 4. The lowest BCUT2D eigenvalue weighted by Crippen LogP contribution is -2.52. The number of amides is 1. The lowest BCUT2D eigenvalue weighted by Gasteiger charge is -2.44. The van der Waals surface area contributed by atoms with Crippen molar-refractivity contribution in [3.05, 3.63) is 47.2 Å². The summed E-state index contributed by atoms with van der Waals surface area (Å²) in [6, 6.07) is 5.51. The fourth-order valence-corrected chi connectivity index (χ4v) is 5.38. The zero-order valence-electron chi connectivity index (χ0n) is 15.6. The number of carbonyl (C=O) groups excluding carboxylic acids is 1. The van der Waals surface area contributed by atoms with Crippen LogP contribution in [0.5, 0.6) is 0 Å². The normalized spacial score (nSPS) is 25.0. The van der Waals surface area contributed by atoms with Gasteiger partial charge in [-0.25, -0.2) is 8.78 Å². The molecule has 1 saturated carbocycles. The van der Waals surface area contributed by atoms with Gasteiger partial charge in [-0.2, -0.15) is 5.10 Å². The number of halogens is 2. The minimum absolute atomic E-state index is 0.112. The number of likely N-dealkylation sites (N-methyl/N-ethyl adjacent to an activating group) is 1. The van der Waals surface area contributed by atoms with Crippen LogP contribution >= 0.6 is 0 Å². The predicted molar refractivity (Wildman–Crippen MR) is 96.6 cm³/mol. The molecule has 2 atom stereocenters. The van der Waals surface area contributed by atoms with E-state index in [0.717, 1.165) is 24.1 Å². The van der Waals surface area contributed by atoms with Crippen molar-refractivity contribution in [3.8, 4) is 11.3 Å². The highest BCUT2D eigenvalue weighted by atomic mass is 19.1. The number of primary amides is 1. The SMILES string of the molecule is CN(CC(N)=O)C12CC[C@@H](c3cc(-c4c(F)cccc4F)nnc31)C2(C)C. The number of benzene rings is 1. The summed E-state index contributed by atoms with van der Waals surface area (Å²) >= 11 is 0. The van der Waals surface area contributed by atoms with Crippen LogP contribution < -0.4 is 5.73 Å². The smallest absolute Gasteiger partial charge is 0.231 e. The van der Waals surface area contributed by atoms with Gasteiger partial charge in [0.15, 0.2) is 0 Å². The van der Waals surface area contributed by atoms with Crippen molar-refractivity contribution in [2.75, 3.05) is 13.6 Å². The Morgan fingerprint density at radius 2 is 1.96 bits per heavy atom. The molecule has 2 bridgehead atoms. The standard InChI is InChI=1S/C20H22F2N4O/c1-19(2)12-7-8-20(19,26(3)10-16(23)27)18-11(12)9-15(24-25-18)17-13(21)5-4-6-14(17)22/h4-6,9,12H,7-8,10H2,1-3H3,(H2,23,27)/t12-,20?/m0/s1. The van der Waals surface area contributed by atoms with Crippen molar-refractivity contribution < 1.29 is 13.6 Å². The first kappa shape index (κ1) is 18.0. The van der Waals surface area contributed by atoms with Crippen LogP contribution in [-0.4, -0.2) is 34.6 Å². The van der Waals surface area contributed by atoms with E-state index in [9.17, 15) is 13.6 Å². The minimum Gasteiger partial charge on any atom is -0.369 e. The predicted octanol–water partition coefficient (Wildman–Crippen LogP) is 2.95. The van der Waals surface area contributed by atoms with Crippen LogP contribution in [0.3, 0.4) is 0 Å². The highest BCUT2D eigenvalue weighted by molar-refractivity contribution is 5.76. The van der Waals surface area contributed by atoms with Crippen molar-refractivity contribution in [1.82, 2.24) is 15.1 Å². The highest BCUT2D eigenvalue weighted by Crippen LogP contribution is 2.68. The summed E-state index contributed by atoms with van der Waals surface area (Å²) < 4.78 is 28.4. The van der Waals surface area contributed by atoms with Crippen molar-refractivity contribution in [1.29, 1.82) is 0 Å². The van der Waals surface area contributed by atoms with Crippen molar-refractivity contribution in [3.63, 3.8) is 0 Å². The largest absolute Gasteiger partial charge is 0.369 e. The van der Waals surface area contributed by atoms with Crippen LogP contribution in [0.25, 0.3) is 11.3 Å². The second-order valence-electron chi connectivity index (χ2n) is 8.13. The number of hydrogen-bond donors (Lipinski definition) is 1. The molecule has 0 saturated heterocycles. The van der Waals surface area contributed by atoms with Crippen LogP contribution in [-0.2, 0) is 10.3 Å². The van der Waals surface area contributed by atoms with Gasteiger partial charge in [0.2, 0.25) is 5.91 Å². The summed E-state index contributed by atoms with van der Waals surface area (Å²) in [5, 5.41) is 8.58. The Kier molecular flexibility index (Phi) is 3.86. The summed E-state index contributed by atoms with van der Waals surface area (Å²) in [5.41, 5.74) is 6.53. The number of carbonyl (C=O) groups is 1. The van der Waals surface area contributed by atoms with Gasteiger partial charge in [0.05, 0.1) is 29.0 Å². The summed E-state index contributed by atoms with van der Waals surface area (Å²) in [6.45, 7) is 4.40. The van der Waals surface area contributed by atoms with E-state index >= 15 is 0 Å². The maximum absolute atomic E-state index is 14.2. The second-order valence-corrected chi connectivity index (χ2v) is 8.13. The molecule has 27 heavy (non-hydrogen) atoms. The van der Waals surface area contributed by atoms with E-state index in [1.807, 2.05) is 11.9 Å². The van der Waals surface area contributed by atoms with Gasteiger partial charge in [-0.15, -0.1) is 5.10 Å².